The van der Waals surface area contributed by atoms with Crippen molar-refractivity contribution in [3.63, 3.8) is 0 Å². The smallest absolute Gasteiger partial charge is 0.178 e. The Morgan fingerprint density at radius 2 is 2.08 bits per heavy atom. The van der Waals surface area contributed by atoms with Gasteiger partial charge in [-0.15, -0.1) is 0 Å². The van der Waals surface area contributed by atoms with Gasteiger partial charge >= 0.3 is 0 Å². The van der Waals surface area contributed by atoms with Crippen LogP contribution in [-0.2, 0) is 0 Å². The van der Waals surface area contributed by atoms with Gasteiger partial charge in [0, 0.05) is 18.8 Å². The van der Waals surface area contributed by atoms with Gasteiger partial charge in [-0.1, -0.05) is 0 Å². The van der Waals surface area contributed by atoms with Gasteiger partial charge in [0.1, 0.15) is 17.3 Å². The molecule has 126 valence electrons. The fraction of sp³-hybridized carbons (Fsp3) is 0.333. The normalized spacial score (nSPS) is 11.2. The molecule has 2 aromatic heterocycles. The van der Waals surface area contributed by atoms with E-state index in [4.69, 9.17) is 9.47 Å². The Labute approximate surface area is 141 Å². The van der Waals surface area contributed by atoms with Gasteiger partial charge in [0.25, 0.3) is 0 Å². The average molecular weight is 326 g/mol. The number of H-pyrrole nitrogens is 1. The molecular weight excluding hydrogens is 304 g/mol. The molecule has 0 unspecified atom stereocenters. The number of fused-ring (bicyclic) bond motifs is 1. The van der Waals surface area contributed by atoms with Crippen molar-refractivity contribution in [3.8, 4) is 22.9 Å². The second-order valence-corrected chi connectivity index (χ2v) is 5.83. The quantitative estimate of drug-likeness (QED) is 0.676. The van der Waals surface area contributed by atoms with E-state index < -0.39 is 0 Å². The topological polar surface area (TPSA) is 63.3 Å². The van der Waals surface area contributed by atoms with Crippen molar-refractivity contribution < 1.29 is 9.47 Å². The number of hydrogen-bond donors (Lipinski definition) is 1. The van der Waals surface area contributed by atoms with Crippen molar-refractivity contribution >= 4 is 11.2 Å². The monoisotopic (exact) mass is 326 g/mol. The highest BCUT2D eigenvalue weighted by atomic mass is 16.5. The molecule has 0 aliphatic rings. The number of aromatic nitrogens is 3. The standard InChI is InChI=1S/C18H22N4O2/c1-22(2)10-5-11-24-13-7-8-14(16(12-13)23-3)17-20-15-6-4-9-19-18(15)21-17/h4,6-9,12H,5,10-11H2,1-3H3,(H,19,20,21). The summed E-state index contributed by atoms with van der Waals surface area (Å²) in [7, 11) is 5.76. The molecule has 0 fully saturated rings. The number of nitrogens with one attached hydrogen (secondary N) is 1. The molecule has 0 saturated carbocycles. The van der Waals surface area contributed by atoms with Gasteiger partial charge < -0.3 is 19.4 Å². The Kier molecular flexibility index (Phi) is 4.96. The van der Waals surface area contributed by atoms with E-state index in [0.717, 1.165) is 41.4 Å². The van der Waals surface area contributed by atoms with Crippen molar-refractivity contribution in [2.75, 3.05) is 34.4 Å². The molecule has 1 N–H and O–H groups in total. The zero-order valence-electron chi connectivity index (χ0n) is 14.2. The minimum absolute atomic E-state index is 0.676. The third-order valence-corrected chi connectivity index (χ3v) is 3.70. The van der Waals surface area contributed by atoms with Crippen molar-refractivity contribution in [2.24, 2.45) is 0 Å². The van der Waals surface area contributed by atoms with E-state index in [1.165, 1.54) is 0 Å². The number of hydrogen-bond acceptors (Lipinski definition) is 5. The van der Waals surface area contributed by atoms with Crippen molar-refractivity contribution in [1.29, 1.82) is 0 Å². The average Bonchev–Trinajstić information content (AvgIpc) is 3.02. The molecule has 2 heterocycles. The maximum absolute atomic E-state index is 5.80. The number of imidazole rings is 1. The summed E-state index contributed by atoms with van der Waals surface area (Å²) in [5.74, 6) is 2.25. The lowest BCUT2D eigenvalue weighted by atomic mass is 10.2. The lowest BCUT2D eigenvalue weighted by Crippen LogP contribution is -2.15. The molecule has 0 aliphatic carbocycles. The SMILES string of the molecule is COc1cc(OCCCN(C)C)ccc1-c1nc2ncccc2[nH]1. The summed E-state index contributed by atoms with van der Waals surface area (Å²) in [5.41, 5.74) is 2.48. The molecule has 6 heteroatoms. The van der Waals surface area contributed by atoms with Gasteiger partial charge in [0.05, 0.1) is 24.8 Å². The molecule has 6 nitrogen and oxygen atoms in total. The van der Waals surface area contributed by atoms with Crippen LogP contribution in [0, 0.1) is 0 Å². The molecule has 1 aromatic carbocycles. The molecule has 0 atom stereocenters. The first-order valence-electron chi connectivity index (χ1n) is 7.94. The maximum atomic E-state index is 5.80. The van der Waals surface area contributed by atoms with Gasteiger partial charge in [0.2, 0.25) is 0 Å². The molecule has 0 spiro atoms. The fourth-order valence-corrected chi connectivity index (χ4v) is 2.50. The molecule has 0 radical (unpaired) electrons. The summed E-state index contributed by atoms with van der Waals surface area (Å²) >= 11 is 0. The van der Waals surface area contributed by atoms with Gasteiger partial charge in [-0.2, -0.15) is 0 Å². The zero-order valence-corrected chi connectivity index (χ0v) is 14.2. The first-order valence-corrected chi connectivity index (χ1v) is 7.94. The van der Waals surface area contributed by atoms with Crippen LogP contribution in [0.1, 0.15) is 6.42 Å². The number of aromatic amines is 1. The number of ether oxygens (including phenoxy) is 2. The predicted octanol–water partition coefficient (Wildman–Crippen LogP) is 2.96. The lowest BCUT2D eigenvalue weighted by Gasteiger charge is -2.12. The highest BCUT2D eigenvalue weighted by Crippen LogP contribution is 2.32. The van der Waals surface area contributed by atoms with Gasteiger partial charge in [-0.25, -0.2) is 9.97 Å². The Morgan fingerprint density at radius 3 is 2.83 bits per heavy atom. The third kappa shape index (κ3) is 3.65. The number of methoxy groups -OCH3 is 1. The van der Waals surface area contributed by atoms with Crippen LogP contribution < -0.4 is 9.47 Å². The van der Waals surface area contributed by atoms with Crippen LogP contribution in [-0.4, -0.2) is 54.2 Å². The van der Waals surface area contributed by atoms with Crippen LogP contribution in [0.5, 0.6) is 11.5 Å². The van der Waals surface area contributed by atoms with Gasteiger partial charge in [0.15, 0.2) is 5.65 Å². The minimum atomic E-state index is 0.676. The van der Waals surface area contributed by atoms with Crippen LogP contribution in [0.3, 0.4) is 0 Å². The summed E-state index contributed by atoms with van der Waals surface area (Å²) in [6, 6.07) is 9.62. The zero-order chi connectivity index (χ0) is 16.9. The summed E-state index contributed by atoms with van der Waals surface area (Å²) in [5, 5.41) is 0. The van der Waals surface area contributed by atoms with E-state index in [2.05, 4.69) is 33.9 Å². The Balaban J connectivity index is 1.79. The largest absolute Gasteiger partial charge is 0.496 e. The van der Waals surface area contributed by atoms with Crippen LogP contribution >= 0.6 is 0 Å². The second kappa shape index (κ2) is 7.31. The highest BCUT2D eigenvalue weighted by molar-refractivity contribution is 5.77. The maximum Gasteiger partial charge on any atom is 0.178 e. The lowest BCUT2D eigenvalue weighted by molar-refractivity contribution is 0.280. The molecule has 0 amide bonds. The van der Waals surface area contributed by atoms with Crippen LogP contribution in [0.4, 0.5) is 0 Å². The van der Waals surface area contributed by atoms with Crippen LogP contribution in [0.2, 0.25) is 0 Å². The Morgan fingerprint density at radius 1 is 1.21 bits per heavy atom. The third-order valence-electron chi connectivity index (χ3n) is 3.70. The van der Waals surface area contributed by atoms with E-state index in [1.807, 2.05) is 30.3 Å². The van der Waals surface area contributed by atoms with E-state index in [-0.39, 0.29) is 0 Å². The summed E-state index contributed by atoms with van der Waals surface area (Å²) in [4.78, 5) is 14.2. The van der Waals surface area contributed by atoms with Gasteiger partial charge in [-0.3, -0.25) is 0 Å². The number of rotatable bonds is 7. The predicted molar refractivity (Wildman–Crippen MR) is 94.5 cm³/mol. The van der Waals surface area contributed by atoms with E-state index in [1.54, 1.807) is 13.3 Å². The van der Waals surface area contributed by atoms with Gasteiger partial charge in [-0.05, 0) is 44.8 Å². The minimum Gasteiger partial charge on any atom is -0.496 e. The van der Waals surface area contributed by atoms with Crippen molar-refractivity contribution in [2.45, 2.75) is 6.42 Å². The fourth-order valence-electron chi connectivity index (χ4n) is 2.50. The summed E-state index contributed by atoms with van der Waals surface area (Å²) in [6.45, 7) is 1.68. The first-order chi connectivity index (χ1) is 11.7. The second-order valence-electron chi connectivity index (χ2n) is 5.83. The molecule has 3 aromatic rings. The first kappa shape index (κ1) is 16.3. The Bertz CT molecular complexity index is 781. The van der Waals surface area contributed by atoms with E-state index in [0.29, 0.717) is 12.3 Å². The van der Waals surface area contributed by atoms with Crippen LogP contribution in [0.25, 0.3) is 22.6 Å². The van der Waals surface area contributed by atoms with Crippen molar-refractivity contribution in [1.82, 2.24) is 19.9 Å². The molecular formula is C18H22N4O2. The number of benzene rings is 1. The van der Waals surface area contributed by atoms with Crippen LogP contribution in [0.15, 0.2) is 36.5 Å². The van der Waals surface area contributed by atoms with Crippen molar-refractivity contribution in [3.05, 3.63) is 36.5 Å². The highest BCUT2D eigenvalue weighted by Gasteiger charge is 2.12. The summed E-state index contributed by atoms with van der Waals surface area (Å²) in [6.07, 6.45) is 2.71. The molecule has 3 rings (SSSR count). The summed E-state index contributed by atoms with van der Waals surface area (Å²) < 4.78 is 11.3. The van der Waals surface area contributed by atoms with E-state index in [9.17, 15) is 0 Å². The molecule has 24 heavy (non-hydrogen) atoms. The molecule has 0 aliphatic heterocycles. The number of pyridine rings is 1. The Hall–Kier alpha value is -2.60. The number of nitrogens with zero attached hydrogens (tertiary/aromatic N) is 3. The van der Waals surface area contributed by atoms with E-state index >= 15 is 0 Å². The molecule has 0 bridgehead atoms. The molecule has 0 saturated heterocycles.